The summed E-state index contributed by atoms with van der Waals surface area (Å²) < 4.78 is 37.8. The summed E-state index contributed by atoms with van der Waals surface area (Å²) in [4.78, 5) is 13.9. The van der Waals surface area contributed by atoms with Gasteiger partial charge in [0, 0.05) is 20.0 Å². The number of fused-ring (bicyclic) bond motifs is 1. The number of hydrogen-bond acceptors (Lipinski definition) is 6. The summed E-state index contributed by atoms with van der Waals surface area (Å²) in [6.45, 7) is 3.15. The second-order valence-corrected chi connectivity index (χ2v) is 7.52. The highest BCUT2D eigenvalue weighted by molar-refractivity contribution is 7.89. The van der Waals surface area contributed by atoms with E-state index in [1.807, 2.05) is 12.1 Å². The number of aromatic nitrogens is 1. The van der Waals surface area contributed by atoms with Gasteiger partial charge in [-0.3, -0.25) is 4.79 Å². The third kappa shape index (κ3) is 3.24. The molecule has 3 rings (SSSR count). The molecule has 0 saturated heterocycles. The molecule has 1 unspecified atom stereocenters. The van der Waals surface area contributed by atoms with Gasteiger partial charge in [-0.1, -0.05) is 17.3 Å². The molecule has 9 heteroatoms. The first-order valence-electron chi connectivity index (χ1n) is 7.77. The third-order valence-electron chi connectivity index (χ3n) is 4.04. The van der Waals surface area contributed by atoms with Crippen molar-refractivity contribution in [1.29, 1.82) is 0 Å². The molecule has 8 nitrogen and oxygen atoms in total. The highest BCUT2D eigenvalue weighted by Gasteiger charge is 2.32. The van der Waals surface area contributed by atoms with Crippen molar-refractivity contribution in [3.05, 3.63) is 35.7 Å². The predicted molar refractivity (Wildman–Crippen MR) is 90.1 cm³/mol. The molecular weight excluding hydrogens is 346 g/mol. The minimum Gasteiger partial charge on any atom is -0.478 e. The summed E-state index contributed by atoms with van der Waals surface area (Å²) in [6.07, 6.45) is -0.535. The first-order chi connectivity index (χ1) is 11.8. The number of anilines is 1. The maximum atomic E-state index is 12.4. The largest absolute Gasteiger partial charge is 0.478 e. The molecule has 0 spiro atoms. The van der Waals surface area contributed by atoms with Crippen LogP contribution in [0.2, 0.25) is 0 Å². The Hall–Kier alpha value is -2.39. The SMILES string of the molecule is Cc1noc(C)c1S(=O)(=O)NCCC1Oc2ccccc2N(C)C1=O. The van der Waals surface area contributed by atoms with Crippen molar-refractivity contribution in [3.63, 3.8) is 0 Å². The average Bonchev–Trinajstić information content (AvgIpc) is 2.91. The number of likely N-dealkylation sites (N-methyl/N-ethyl adjacent to an activating group) is 1. The Morgan fingerprint density at radius 1 is 1.28 bits per heavy atom. The van der Waals surface area contributed by atoms with Crippen LogP contribution in [0.25, 0.3) is 0 Å². The summed E-state index contributed by atoms with van der Waals surface area (Å²) in [5.41, 5.74) is 0.990. The van der Waals surface area contributed by atoms with E-state index in [0.717, 1.165) is 0 Å². The molecule has 1 atom stereocenters. The molecule has 2 aromatic rings. The second-order valence-electron chi connectivity index (χ2n) is 5.81. The van der Waals surface area contributed by atoms with Crippen LogP contribution in [0, 0.1) is 13.8 Å². The number of aryl methyl sites for hydroxylation is 2. The van der Waals surface area contributed by atoms with Crippen molar-refractivity contribution in [2.75, 3.05) is 18.5 Å². The van der Waals surface area contributed by atoms with Gasteiger partial charge in [-0.05, 0) is 26.0 Å². The van der Waals surface area contributed by atoms with E-state index in [2.05, 4.69) is 9.88 Å². The molecule has 1 N–H and O–H groups in total. The molecule has 0 saturated carbocycles. The molecule has 0 bridgehead atoms. The molecule has 1 aromatic heterocycles. The van der Waals surface area contributed by atoms with Crippen molar-refractivity contribution < 1.29 is 22.5 Å². The fourth-order valence-electron chi connectivity index (χ4n) is 2.81. The van der Waals surface area contributed by atoms with Crippen LogP contribution in [0.15, 0.2) is 33.7 Å². The normalized spacial score (nSPS) is 17.3. The minimum absolute atomic E-state index is 0.0332. The van der Waals surface area contributed by atoms with E-state index < -0.39 is 16.1 Å². The monoisotopic (exact) mass is 365 g/mol. The lowest BCUT2D eigenvalue weighted by atomic mass is 10.1. The zero-order valence-corrected chi connectivity index (χ0v) is 15.0. The van der Waals surface area contributed by atoms with Crippen LogP contribution in [-0.4, -0.2) is 39.2 Å². The van der Waals surface area contributed by atoms with Gasteiger partial charge in [-0.25, -0.2) is 13.1 Å². The number of nitrogens with one attached hydrogen (secondary N) is 1. The molecule has 0 aliphatic carbocycles. The number of rotatable bonds is 5. The molecule has 0 radical (unpaired) electrons. The first-order valence-corrected chi connectivity index (χ1v) is 9.25. The topological polar surface area (TPSA) is 102 Å². The maximum Gasteiger partial charge on any atom is 0.267 e. The van der Waals surface area contributed by atoms with Crippen molar-refractivity contribution in [2.45, 2.75) is 31.3 Å². The second kappa shape index (κ2) is 6.49. The van der Waals surface area contributed by atoms with Crippen molar-refractivity contribution in [2.24, 2.45) is 0 Å². The Morgan fingerprint density at radius 3 is 2.68 bits per heavy atom. The summed E-state index contributed by atoms with van der Waals surface area (Å²) in [5.74, 6) is 0.613. The zero-order valence-electron chi connectivity index (χ0n) is 14.1. The van der Waals surface area contributed by atoms with Gasteiger partial charge in [0.05, 0.1) is 5.69 Å². The number of carbonyl (C=O) groups is 1. The van der Waals surface area contributed by atoms with E-state index in [-0.39, 0.29) is 29.5 Å². The van der Waals surface area contributed by atoms with E-state index in [9.17, 15) is 13.2 Å². The van der Waals surface area contributed by atoms with Crippen molar-refractivity contribution in [3.8, 4) is 5.75 Å². The minimum atomic E-state index is -3.76. The molecule has 25 heavy (non-hydrogen) atoms. The average molecular weight is 365 g/mol. The highest BCUT2D eigenvalue weighted by Crippen LogP contribution is 2.33. The number of sulfonamides is 1. The molecular formula is C16H19N3O5S. The van der Waals surface area contributed by atoms with Gasteiger partial charge in [-0.2, -0.15) is 0 Å². The van der Waals surface area contributed by atoms with Crippen LogP contribution >= 0.6 is 0 Å². The van der Waals surface area contributed by atoms with Gasteiger partial charge in [0.25, 0.3) is 5.91 Å². The van der Waals surface area contributed by atoms with E-state index in [1.165, 1.54) is 11.8 Å². The molecule has 1 aromatic carbocycles. The highest BCUT2D eigenvalue weighted by atomic mass is 32.2. The molecule has 134 valence electrons. The van der Waals surface area contributed by atoms with Crippen LogP contribution < -0.4 is 14.4 Å². The lowest BCUT2D eigenvalue weighted by molar-refractivity contribution is -0.126. The maximum absolute atomic E-state index is 12.4. The molecule has 1 aliphatic heterocycles. The fraction of sp³-hybridized carbons (Fsp3) is 0.375. The first kappa shape index (κ1) is 17.4. The Labute approximate surface area is 145 Å². The molecule has 0 fully saturated rings. The summed E-state index contributed by atoms with van der Waals surface area (Å²) >= 11 is 0. The summed E-state index contributed by atoms with van der Waals surface area (Å²) in [6, 6.07) is 7.21. The van der Waals surface area contributed by atoms with Gasteiger partial charge in [0.2, 0.25) is 10.0 Å². The lowest BCUT2D eigenvalue weighted by Crippen LogP contribution is -2.45. The Morgan fingerprint density at radius 2 is 2.00 bits per heavy atom. The zero-order chi connectivity index (χ0) is 18.2. The number of hydrogen-bond donors (Lipinski definition) is 1. The Bertz CT molecular complexity index is 887. The number of para-hydroxylation sites is 2. The van der Waals surface area contributed by atoms with Crippen molar-refractivity contribution >= 4 is 21.6 Å². The van der Waals surface area contributed by atoms with Crippen LogP contribution in [0.5, 0.6) is 5.75 Å². The van der Waals surface area contributed by atoms with E-state index in [0.29, 0.717) is 17.1 Å². The van der Waals surface area contributed by atoms with Gasteiger partial charge in [0.15, 0.2) is 11.9 Å². The van der Waals surface area contributed by atoms with E-state index in [1.54, 1.807) is 26.1 Å². The number of carbonyl (C=O) groups excluding carboxylic acids is 1. The fourth-order valence-corrected chi connectivity index (χ4v) is 4.18. The van der Waals surface area contributed by atoms with Crippen LogP contribution in [0.4, 0.5) is 5.69 Å². The van der Waals surface area contributed by atoms with E-state index >= 15 is 0 Å². The quantitative estimate of drug-likeness (QED) is 0.859. The third-order valence-corrected chi connectivity index (χ3v) is 5.74. The summed E-state index contributed by atoms with van der Waals surface area (Å²) in [5, 5.41) is 3.65. The van der Waals surface area contributed by atoms with Crippen LogP contribution in [0.3, 0.4) is 0 Å². The Kier molecular flexibility index (Phi) is 4.53. The molecule has 1 aliphatic rings. The predicted octanol–water partition coefficient (Wildman–Crippen LogP) is 1.38. The van der Waals surface area contributed by atoms with Gasteiger partial charge >= 0.3 is 0 Å². The smallest absolute Gasteiger partial charge is 0.267 e. The van der Waals surface area contributed by atoms with Gasteiger partial charge in [0.1, 0.15) is 16.3 Å². The number of benzene rings is 1. The molecule has 2 heterocycles. The number of ether oxygens (including phenoxy) is 1. The molecule has 1 amide bonds. The summed E-state index contributed by atoms with van der Waals surface area (Å²) in [7, 11) is -2.09. The number of nitrogens with zero attached hydrogens (tertiary/aromatic N) is 2. The van der Waals surface area contributed by atoms with Crippen molar-refractivity contribution in [1.82, 2.24) is 9.88 Å². The van der Waals surface area contributed by atoms with E-state index in [4.69, 9.17) is 9.26 Å². The van der Waals surface area contributed by atoms with Gasteiger partial charge < -0.3 is 14.2 Å². The number of amides is 1. The van der Waals surface area contributed by atoms with Gasteiger partial charge in [-0.15, -0.1) is 0 Å². The standard InChI is InChI=1S/C16H19N3O5S/c1-10-15(11(2)24-18-10)25(21,22)17-9-8-14-16(20)19(3)12-6-4-5-7-13(12)23-14/h4-7,14,17H,8-9H2,1-3H3. The van der Waals surface area contributed by atoms with Crippen LogP contribution in [-0.2, 0) is 14.8 Å². The van der Waals surface area contributed by atoms with Crippen LogP contribution in [0.1, 0.15) is 17.9 Å². The lowest BCUT2D eigenvalue weighted by Gasteiger charge is -2.31. The Balaban J connectivity index is 1.68.